The molecule has 1 aromatic heterocycles. The van der Waals surface area contributed by atoms with Crippen molar-refractivity contribution in [2.24, 2.45) is 17.8 Å². The molecule has 4 aliphatic rings. The van der Waals surface area contributed by atoms with Crippen LogP contribution in [-0.4, -0.2) is 52.5 Å². The van der Waals surface area contributed by atoms with Crippen LogP contribution in [0.25, 0.3) is 0 Å². The van der Waals surface area contributed by atoms with Crippen LogP contribution in [0, 0.1) is 17.8 Å². The molecule has 2 bridgehead atoms. The van der Waals surface area contributed by atoms with E-state index in [4.69, 9.17) is 4.74 Å². The molecule has 0 unspecified atom stereocenters. The molecular formula is C27H37N3O4S. The molecule has 1 saturated carbocycles. The van der Waals surface area contributed by atoms with Gasteiger partial charge in [0.2, 0.25) is 17.7 Å². The van der Waals surface area contributed by atoms with Gasteiger partial charge in [0.05, 0.1) is 24.0 Å². The van der Waals surface area contributed by atoms with Crippen molar-refractivity contribution in [1.29, 1.82) is 0 Å². The van der Waals surface area contributed by atoms with Gasteiger partial charge < -0.3 is 20.3 Å². The number of fused-ring (bicyclic) bond motifs is 1. The van der Waals surface area contributed by atoms with Crippen LogP contribution >= 0.6 is 11.3 Å². The highest BCUT2D eigenvalue weighted by Gasteiger charge is 2.76. The van der Waals surface area contributed by atoms with Crippen LogP contribution in [0.15, 0.2) is 29.7 Å². The standard InChI is InChI=1S/C27H37N3O4S/c1-17(2)11-14-30-22(24(32)29-18-8-5-4-6-9-18)27-13-12-26(3,34-27)20(21(27)25(30)33)23(31)28-16-19-10-7-15-35-19/h7,10,12-13,15,17-18,20-22H,4-6,8-9,11,14,16H2,1-3H3,(H,28,31)(H,29,32)/t20-,21-,22+,26+,27-/m0/s1. The maximum Gasteiger partial charge on any atom is 0.246 e. The van der Waals surface area contributed by atoms with E-state index in [1.54, 1.807) is 16.2 Å². The lowest BCUT2D eigenvalue weighted by Gasteiger charge is -2.35. The Bertz CT molecular complexity index is 1000. The van der Waals surface area contributed by atoms with Gasteiger partial charge in [0, 0.05) is 17.5 Å². The summed E-state index contributed by atoms with van der Waals surface area (Å²) in [5.74, 6) is -1.46. The Morgan fingerprint density at radius 1 is 1.20 bits per heavy atom. The molecule has 2 saturated heterocycles. The Balaban J connectivity index is 1.43. The van der Waals surface area contributed by atoms with Gasteiger partial charge in [-0.2, -0.15) is 0 Å². The van der Waals surface area contributed by atoms with E-state index in [1.807, 2.05) is 36.6 Å². The van der Waals surface area contributed by atoms with Crippen molar-refractivity contribution < 1.29 is 19.1 Å². The Kier molecular flexibility index (Phi) is 6.55. The van der Waals surface area contributed by atoms with Crippen molar-refractivity contribution >= 4 is 29.1 Å². The van der Waals surface area contributed by atoms with Crippen LogP contribution in [0.3, 0.4) is 0 Å². The van der Waals surface area contributed by atoms with E-state index >= 15 is 0 Å². The van der Waals surface area contributed by atoms with Gasteiger partial charge in [-0.15, -0.1) is 11.3 Å². The van der Waals surface area contributed by atoms with Crippen LogP contribution in [0.2, 0.25) is 0 Å². The molecule has 190 valence electrons. The zero-order valence-corrected chi connectivity index (χ0v) is 21.7. The Morgan fingerprint density at radius 2 is 1.97 bits per heavy atom. The van der Waals surface area contributed by atoms with Crippen molar-refractivity contribution in [2.75, 3.05) is 6.54 Å². The van der Waals surface area contributed by atoms with E-state index < -0.39 is 29.1 Å². The molecule has 3 aliphatic heterocycles. The van der Waals surface area contributed by atoms with Crippen molar-refractivity contribution in [3.05, 3.63) is 34.5 Å². The number of hydrogen-bond donors (Lipinski definition) is 2. The molecule has 2 N–H and O–H groups in total. The molecule has 8 heteroatoms. The summed E-state index contributed by atoms with van der Waals surface area (Å²) >= 11 is 1.58. The van der Waals surface area contributed by atoms with Gasteiger partial charge in [-0.05, 0) is 43.6 Å². The Morgan fingerprint density at radius 3 is 2.66 bits per heavy atom. The predicted molar refractivity (Wildman–Crippen MR) is 134 cm³/mol. The summed E-state index contributed by atoms with van der Waals surface area (Å²) < 4.78 is 6.58. The summed E-state index contributed by atoms with van der Waals surface area (Å²) in [6.45, 7) is 6.99. The second-order valence-electron chi connectivity index (χ2n) is 11.2. The molecular weight excluding hydrogens is 462 g/mol. The lowest BCUT2D eigenvalue weighted by Crippen LogP contribution is -2.56. The third-order valence-corrected chi connectivity index (χ3v) is 9.12. The first-order valence-corrected chi connectivity index (χ1v) is 13.9. The number of nitrogens with zero attached hydrogens (tertiary/aromatic N) is 1. The number of likely N-dealkylation sites (tertiary alicyclic amines) is 1. The second kappa shape index (κ2) is 9.36. The summed E-state index contributed by atoms with van der Waals surface area (Å²) in [5.41, 5.74) is -2.01. The molecule has 5 rings (SSSR count). The monoisotopic (exact) mass is 499 g/mol. The van der Waals surface area contributed by atoms with Gasteiger partial charge in [0.15, 0.2) is 0 Å². The molecule has 4 heterocycles. The van der Waals surface area contributed by atoms with Crippen molar-refractivity contribution in [3.63, 3.8) is 0 Å². The number of carbonyl (C=O) groups is 3. The highest BCUT2D eigenvalue weighted by atomic mass is 32.1. The largest absolute Gasteiger partial charge is 0.356 e. The summed E-state index contributed by atoms with van der Waals surface area (Å²) in [4.78, 5) is 44.0. The molecule has 1 aliphatic carbocycles. The zero-order chi connectivity index (χ0) is 24.8. The first kappa shape index (κ1) is 24.5. The van der Waals surface area contributed by atoms with Crippen LogP contribution in [0.5, 0.6) is 0 Å². The van der Waals surface area contributed by atoms with Crippen LogP contribution in [0.4, 0.5) is 0 Å². The highest BCUT2D eigenvalue weighted by Crippen LogP contribution is 2.59. The third kappa shape index (κ3) is 4.22. The van der Waals surface area contributed by atoms with Gasteiger partial charge in [-0.1, -0.05) is 51.3 Å². The smallest absolute Gasteiger partial charge is 0.246 e. The van der Waals surface area contributed by atoms with Crippen LogP contribution in [0.1, 0.15) is 64.2 Å². The van der Waals surface area contributed by atoms with Gasteiger partial charge in [-0.3, -0.25) is 14.4 Å². The van der Waals surface area contributed by atoms with E-state index in [1.165, 1.54) is 6.42 Å². The van der Waals surface area contributed by atoms with Gasteiger partial charge in [0.25, 0.3) is 0 Å². The minimum Gasteiger partial charge on any atom is -0.356 e. The van der Waals surface area contributed by atoms with Gasteiger partial charge >= 0.3 is 0 Å². The van der Waals surface area contributed by atoms with E-state index in [9.17, 15) is 14.4 Å². The van der Waals surface area contributed by atoms with E-state index in [0.717, 1.165) is 37.0 Å². The number of thiophene rings is 1. The van der Waals surface area contributed by atoms with Crippen molar-refractivity contribution in [2.45, 2.75) is 89.1 Å². The second-order valence-corrected chi connectivity index (χ2v) is 12.2. The van der Waals surface area contributed by atoms with E-state index in [2.05, 4.69) is 24.5 Å². The maximum absolute atomic E-state index is 13.9. The highest BCUT2D eigenvalue weighted by molar-refractivity contribution is 7.09. The minimum atomic E-state index is -1.10. The number of hydrogen-bond acceptors (Lipinski definition) is 5. The molecule has 0 radical (unpaired) electrons. The quantitative estimate of drug-likeness (QED) is 0.537. The third-order valence-electron chi connectivity index (χ3n) is 8.24. The zero-order valence-electron chi connectivity index (χ0n) is 20.9. The van der Waals surface area contributed by atoms with Crippen LogP contribution < -0.4 is 10.6 Å². The van der Waals surface area contributed by atoms with Crippen molar-refractivity contribution in [3.8, 4) is 0 Å². The average Bonchev–Trinajstić information content (AvgIpc) is 3.56. The topological polar surface area (TPSA) is 87.7 Å². The molecule has 5 atom stereocenters. The summed E-state index contributed by atoms with van der Waals surface area (Å²) in [5, 5.41) is 8.25. The minimum absolute atomic E-state index is 0.136. The van der Waals surface area contributed by atoms with Crippen LogP contribution in [-0.2, 0) is 25.7 Å². The molecule has 0 aromatic carbocycles. The fourth-order valence-corrected chi connectivity index (χ4v) is 7.14. The fourth-order valence-electron chi connectivity index (χ4n) is 6.49. The average molecular weight is 500 g/mol. The molecule has 7 nitrogen and oxygen atoms in total. The summed E-state index contributed by atoms with van der Waals surface area (Å²) in [7, 11) is 0. The predicted octanol–water partition coefficient (Wildman–Crippen LogP) is 3.40. The number of rotatable bonds is 8. The maximum atomic E-state index is 13.9. The molecule has 35 heavy (non-hydrogen) atoms. The molecule has 1 spiro atoms. The first-order valence-electron chi connectivity index (χ1n) is 13.1. The lowest BCUT2D eigenvalue weighted by atomic mass is 9.70. The van der Waals surface area contributed by atoms with Gasteiger partial charge in [-0.25, -0.2) is 0 Å². The number of nitrogens with one attached hydrogen (secondary N) is 2. The molecule has 3 fully saturated rings. The van der Waals surface area contributed by atoms with E-state index in [0.29, 0.717) is 19.0 Å². The fraction of sp³-hybridized carbons (Fsp3) is 0.667. The summed E-state index contributed by atoms with van der Waals surface area (Å²) in [6, 6.07) is 3.31. The Labute approximate surface area is 211 Å². The number of ether oxygens (including phenoxy) is 1. The summed E-state index contributed by atoms with van der Waals surface area (Å²) in [6.07, 6.45) is 9.96. The first-order chi connectivity index (χ1) is 16.7. The van der Waals surface area contributed by atoms with E-state index in [-0.39, 0.29) is 23.8 Å². The number of amides is 3. The Hall–Kier alpha value is -2.19. The molecule has 3 amide bonds. The lowest BCUT2D eigenvalue weighted by molar-refractivity contribution is -0.145. The normalized spacial score (nSPS) is 34.0. The van der Waals surface area contributed by atoms with Gasteiger partial charge in [0.1, 0.15) is 11.6 Å². The molecule has 1 aromatic rings. The SMILES string of the molecule is CC(C)CCN1C(=O)[C@@H]2[C@@H](C(=O)NCc3cccs3)[C@@]3(C)C=C[C@@]2(O3)[C@H]1C(=O)NC1CCCCC1. The van der Waals surface area contributed by atoms with Crippen molar-refractivity contribution in [1.82, 2.24) is 15.5 Å². The number of carbonyl (C=O) groups excluding carboxylic acids is 3.